The fraction of sp³-hybridized carbons (Fsp3) is 0.267. The van der Waals surface area contributed by atoms with E-state index in [0.29, 0.717) is 12.3 Å². The molecule has 0 saturated heterocycles. The number of benzene rings is 1. The summed E-state index contributed by atoms with van der Waals surface area (Å²) in [5.74, 6) is -0.514. The van der Waals surface area contributed by atoms with E-state index in [-0.39, 0.29) is 11.6 Å². The number of hydrogen-bond acceptors (Lipinski definition) is 3. The summed E-state index contributed by atoms with van der Waals surface area (Å²) in [4.78, 5) is 10.9. The van der Waals surface area contributed by atoms with Gasteiger partial charge in [-0.15, -0.1) is 0 Å². The van der Waals surface area contributed by atoms with Crippen LogP contribution in [0.15, 0.2) is 41.0 Å². The van der Waals surface area contributed by atoms with Crippen molar-refractivity contribution in [1.29, 1.82) is 0 Å². The highest BCUT2D eigenvalue weighted by molar-refractivity contribution is 5.88. The van der Waals surface area contributed by atoms with E-state index in [1.165, 1.54) is 17.9 Å². The van der Waals surface area contributed by atoms with Crippen molar-refractivity contribution in [3.63, 3.8) is 0 Å². The molecule has 0 bridgehead atoms. The topological polar surface area (TPSA) is 62.5 Å². The number of carbonyl (C=O) groups is 1. The summed E-state index contributed by atoms with van der Waals surface area (Å²) in [7, 11) is 0. The second kappa shape index (κ2) is 5.71. The Morgan fingerprint density at radius 2 is 2.00 bits per heavy atom. The Morgan fingerprint density at radius 3 is 2.63 bits per heavy atom. The van der Waals surface area contributed by atoms with Crippen molar-refractivity contribution in [3.8, 4) is 0 Å². The van der Waals surface area contributed by atoms with Crippen LogP contribution in [0.3, 0.4) is 0 Å². The van der Waals surface area contributed by atoms with Crippen LogP contribution < -0.4 is 5.32 Å². The predicted octanol–water partition coefficient (Wildman–Crippen LogP) is 3.14. The van der Waals surface area contributed by atoms with Gasteiger partial charge in [0.15, 0.2) is 0 Å². The van der Waals surface area contributed by atoms with E-state index in [4.69, 9.17) is 9.52 Å². The summed E-state index contributed by atoms with van der Waals surface area (Å²) < 4.78 is 5.19. The molecule has 2 rings (SSSR count). The number of furan rings is 1. The summed E-state index contributed by atoms with van der Waals surface area (Å²) >= 11 is 0. The number of aromatic carboxylic acids is 1. The molecule has 1 atom stereocenters. The molecule has 0 fully saturated rings. The molecule has 0 saturated carbocycles. The lowest BCUT2D eigenvalue weighted by Gasteiger charge is -2.13. The van der Waals surface area contributed by atoms with E-state index >= 15 is 0 Å². The van der Waals surface area contributed by atoms with Crippen LogP contribution in [-0.2, 0) is 6.54 Å². The van der Waals surface area contributed by atoms with Gasteiger partial charge in [0.25, 0.3) is 0 Å². The Morgan fingerprint density at radius 1 is 1.32 bits per heavy atom. The third-order valence-electron chi connectivity index (χ3n) is 3.12. The fourth-order valence-corrected chi connectivity index (χ4v) is 1.89. The molecule has 100 valence electrons. The Hall–Kier alpha value is -2.07. The SMILES string of the molecule is Cc1ccc([C@@H](C)NCc2occc2C(=O)O)cc1. The van der Waals surface area contributed by atoms with Crippen molar-refractivity contribution < 1.29 is 14.3 Å². The first-order valence-electron chi connectivity index (χ1n) is 6.17. The molecule has 1 aromatic carbocycles. The predicted molar refractivity (Wildman–Crippen MR) is 72.1 cm³/mol. The lowest BCUT2D eigenvalue weighted by atomic mass is 10.1. The second-order valence-electron chi connectivity index (χ2n) is 4.58. The standard InChI is InChI=1S/C15H17NO3/c1-10-3-5-12(6-4-10)11(2)16-9-14-13(15(17)18)7-8-19-14/h3-8,11,16H,9H2,1-2H3,(H,17,18)/t11-/m1/s1. The first-order valence-corrected chi connectivity index (χ1v) is 6.17. The van der Waals surface area contributed by atoms with Crippen LogP contribution in [-0.4, -0.2) is 11.1 Å². The monoisotopic (exact) mass is 259 g/mol. The number of aryl methyl sites for hydroxylation is 1. The number of carboxylic acid groups (broad SMARTS) is 1. The summed E-state index contributed by atoms with van der Waals surface area (Å²) in [6, 6.07) is 9.84. The van der Waals surface area contributed by atoms with Crippen molar-refractivity contribution in [2.24, 2.45) is 0 Å². The van der Waals surface area contributed by atoms with Crippen molar-refractivity contribution >= 4 is 5.97 Å². The van der Waals surface area contributed by atoms with Gasteiger partial charge >= 0.3 is 5.97 Å². The Kier molecular flexibility index (Phi) is 4.02. The second-order valence-corrected chi connectivity index (χ2v) is 4.58. The summed E-state index contributed by atoms with van der Waals surface area (Å²) in [6.45, 7) is 4.47. The maximum absolute atomic E-state index is 10.9. The Bertz CT molecular complexity index is 557. The smallest absolute Gasteiger partial charge is 0.339 e. The molecule has 2 N–H and O–H groups in total. The fourth-order valence-electron chi connectivity index (χ4n) is 1.89. The van der Waals surface area contributed by atoms with Crippen LogP contribution in [0.2, 0.25) is 0 Å². The van der Waals surface area contributed by atoms with Gasteiger partial charge < -0.3 is 14.8 Å². The zero-order valence-corrected chi connectivity index (χ0v) is 11.0. The van der Waals surface area contributed by atoms with E-state index in [1.807, 2.05) is 13.8 Å². The molecule has 1 aromatic heterocycles. The van der Waals surface area contributed by atoms with Crippen LogP contribution >= 0.6 is 0 Å². The number of carboxylic acids is 1. The van der Waals surface area contributed by atoms with E-state index < -0.39 is 5.97 Å². The molecule has 0 spiro atoms. The van der Waals surface area contributed by atoms with E-state index in [2.05, 4.69) is 29.6 Å². The minimum atomic E-state index is -0.964. The van der Waals surface area contributed by atoms with Crippen LogP contribution in [0.1, 0.15) is 40.2 Å². The summed E-state index contributed by atoms with van der Waals surface area (Å²) in [6.07, 6.45) is 1.40. The van der Waals surface area contributed by atoms with Gasteiger partial charge in [-0.1, -0.05) is 29.8 Å². The first kappa shape index (κ1) is 13.4. The van der Waals surface area contributed by atoms with E-state index in [9.17, 15) is 4.79 Å². The lowest BCUT2D eigenvalue weighted by molar-refractivity contribution is 0.0694. The van der Waals surface area contributed by atoms with Gasteiger partial charge in [0.05, 0.1) is 12.8 Å². The molecular formula is C15H17NO3. The zero-order valence-electron chi connectivity index (χ0n) is 11.0. The molecule has 4 heteroatoms. The molecule has 0 aliphatic carbocycles. The molecule has 1 heterocycles. The van der Waals surface area contributed by atoms with Gasteiger partial charge in [0.1, 0.15) is 11.3 Å². The molecule has 0 unspecified atom stereocenters. The normalized spacial score (nSPS) is 12.3. The number of hydrogen-bond donors (Lipinski definition) is 2. The van der Waals surface area contributed by atoms with E-state index in [1.54, 1.807) is 0 Å². The van der Waals surface area contributed by atoms with Crippen molar-refractivity contribution in [3.05, 3.63) is 59.0 Å². The maximum Gasteiger partial charge on any atom is 0.339 e. The number of rotatable bonds is 5. The van der Waals surface area contributed by atoms with Crippen molar-refractivity contribution in [1.82, 2.24) is 5.32 Å². The van der Waals surface area contributed by atoms with E-state index in [0.717, 1.165) is 5.56 Å². The van der Waals surface area contributed by atoms with Crippen molar-refractivity contribution in [2.45, 2.75) is 26.4 Å². The minimum absolute atomic E-state index is 0.132. The van der Waals surface area contributed by atoms with Gasteiger partial charge in [0.2, 0.25) is 0 Å². The third-order valence-corrected chi connectivity index (χ3v) is 3.12. The quantitative estimate of drug-likeness (QED) is 0.866. The van der Waals surface area contributed by atoms with Gasteiger partial charge in [-0.3, -0.25) is 0 Å². The van der Waals surface area contributed by atoms with Crippen molar-refractivity contribution in [2.75, 3.05) is 0 Å². The molecule has 2 aromatic rings. The molecule has 4 nitrogen and oxygen atoms in total. The third kappa shape index (κ3) is 3.23. The van der Waals surface area contributed by atoms with Gasteiger partial charge in [-0.2, -0.15) is 0 Å². The van der Waals surface area contributed by atoms with Gasteiger partial charge in [0, 0.05) is 6.04 Å². The van der Waals surface area contributed by atoms with Crippen LogP contribution in [0, 0.1) is 6.92 Å². The molecule has 0 aliphatic rings. The summed E-state index contributed by atoms with van der Waals surface area (Å²) in [5, 5.41) is 12.2. The Balaban J connectivity index is 2.00. The Labute approximate surface area is 112 Å². The van der Waals surface area contributed by atoms with Gasteiger partial charge in [-0.25, -0.2) is 4.79 Å². The highest BCUT2D eigenvalue weighted by atomic mass is 16.4. The summed E-state index contributed by atoms with van der Waals surface area (Å²) in [5.41, 5.74) is 2.59. The highest BCUT2D eigenvalue weighted by Crippen LogP contribution is 2.16. The maximum atomic E-state index is 10.9. The molecule has 0 radical (unpaired) electrons. The highest BCUT2D eigenvalue weighted by Gasteiger charge is 2.14. The molecule has 0 amide bonds. The van der Waals surface area contributed by atoms with Crippen LogP contribution in [0.25, 0.3) is 0 Å². The molecular weight excluding hydrogens is 242 g/mol. The largest absolute Gasteiger partial charge is 0.478 e. The lowest BCUT2D eigenvalue weighted by Crippen LogP contribution is -2.19. The first-order chi connectivity index (χ1) is 9.08. The minimum Gasteiger partial charge on any atom is -0.478 e. The number of nitrogens with one attached hydrogen (secondary N) is 1. The van der Waals surface area contributed by atoms with Crippen LogP contribution in [0.4, 0.5) is 0 Å². The molecule has 19 heavy (non-hydrogen) atoms. The van der Waals surface area contributed by atoms with Crippen LogP contribution in [0.5, 0.6) is 0 Å². The average molecular weight is 259 g/mol. The zero-order chi connectivity index (χ0) is 13.8. The van der Waals surface area contributed by atoms with Gasteiger partial charge in [-0.05, 0) is 25.5 Å². The molecule has 0 aliphatic heterocycles. The average Bonchev–Trinajstić information content (AvgIpc) is 2.85.